The van der Waals surface area contributed by atoms with E-state index in [1.54, 1.807) is 23.9 Å². The monoisotopic (exact) mass is 451 g/mol. The summed E-state index contributed by atoms with van der Waals surface area (Å²) in [5, 5.41) is 4.34. The Labute approximate surface area is 174 Å². The molecule has 2 aromatic rings. The molecule has 0 atom stereocenters. The van der Waals surface area contributed by atoms with E-state index in [1.807, 2.05) is 13.8 Å². The molecule has 154 valence electrons. The molecule has 1 saturated carbocycles. The maximum Gasteiger partial charge on any atom is 0.266 e. The fourth-order valence-corrected chi connectivity index (χ4v) is 4.33. The van der Waals surface area contributed by atoms with Gasteiger partial charge < -0.3 is 15.0 Å². The lowest BCUT2D eigenvalue weighted by Crippen LogP contribution is -2.39. The van der Waals surface area contributed by atoms with Crippen molar-refractivity contribution in [2.45, 2.75) is 57.7 Å². The van der Waals surface area contributed by atoms with Gasteiger partial charge in [0.05, 0.1) is 11.1 Å². The molecule has 1 aliphatic rings. The first-order chi connectivity index (χ1) is 13.4. The molecule has 0 amide bonds. The second-order valence-electron chi connectivity index (χ2n) is 7.86. The number of fused-ring (bicyclic) bond motifs is 1. The quantitative estimate of drug-likeness (QED) is 0.694. The minimum absolute atomic E-state index is 0.0216. The van der Waals surface area contributed by atoms with Gasteiger partial charge in [-0.3, -0.25) is 9.36 Å². The molecule has 1 fully saturated rings. The molecule has 0 saturated heterocycles. The first-order valence-electron chi connectivity index (χ1n) is 9.94. The van der Waals surface area contributed by atoms with Gasteiger partial charge in [-0.25, -0.2) is 4.98 Å². The standard InChI is InChI=1S/C20H30BrN5O2/c1-13(2)26-18-14(11-17(21)19(26)27)12-22-20(24-18)23-15-5-7-16(8-6-15)25(3)9-10-28-4/h11-13,15-16H,5-10H2,1-4H3,(H,22,23,24). The lowest BCUT2D eigenvalue weighted by molar-refractivity contribution is 0.121. The molecule has 0 aromatic carbocycles. The third kappa shape index (κ3) is 4.72. The normalized spacial score (nSPS) is 20.2. The number of halogens is 1. The highest BCUT2D eigenvalue weighted by molar-refractivity contribution is 9.10. The van der Waals surface area contributed by atoms with E-state index in [0.29, 0.717) is 28.2 Å². The van der Waals surface area contributed by atoms with Crippen LogP contribution in [0.5, 0.6) is 0 Å². The van der Waals surface area contributed by atoms with Crippen LogP contribution < -0.4 is 10.9 Å². The number of nitrogens with one attached hydrogen (secondary N) is 1. The number of hydrogen-bond donors (Lipinski definition) is 1. The summed E-state index contributed by atoms with van der Waals surface area (Å²) in [5.74, 6) is 0.597. The average molecular weight is 452 g/mol. The number of methoxy groups -OCH3 is 1. The molecule has 0 radical (unpaired) electrons. The molecule has 28 heavy (non-hydrogen) atoms. The van der Waals surface area contributed by atoms with Crippen LogP contribution in [0.3, 0.4) is 0 Å². The summed E-state index contributed by atoms with van der Waals surface area (Å²) in [6, 6.07) is 2.78. The number of nitrogens with zero attached hydrogens (tertiary/aromatic N) is 4. The zero-order valence-electron chi connectivity index (χ0n) is 17.1. The van der Waals surface area contributed by atoms with E-state index in [-0.39, 0.29) is 11.6 Å². The fraction of sp³-hybridized carbons (Fsp3) is 0.650. The van der Waals surface area contributed by atoms with Crippen LogP contribution in [0.2, 0.25) is 0 Å². The van der Waals surface area contributed by atoms with Gasteiger partial charge in [-0.2, -0.15) is 4.98 Å². The minimum atomic E-state index is -0.0632. The zero-order chi connectivity index (χ0) is 20.3. The molecule has 2 aromatic heterocycles. The van der Waals surface area contributed by atoms with E-state index in [2.05, 4.69) is 43.2 Å². The van der Waals surface area contributed by atoms with Crippen LogP contribution in [0.15, 0.2) is 21.5 Å². The number of anilines is 1. The molecule has 8 heteroatoms. The van der Waals surface area contributed by atoms with Crippen LogP contribution in [0.1, 0.15) is 45.6 Å². The number of likely N-dealkylation sites (N-methyl/N-ethyl adjacent to an activating group) is 1. The van der Waals surface area contributed by atoms with E-state index in [4.69, 9.17) is 4.74 Å². The second-order valence-corrected chi connectivity index (χ2v) is 8.71. The van der Waals surface area contributed by atoms with Crippen LogP contribution in [0, 0.1) is 0 Å². The van der Waals surface area contributed by atoms with Crippen molar-refractivity contribution in [1.29, 1.82) is 0 Å². The average Bonchev–Trinajstić information content (AvgIpc) is 2.67. The highest BCUT2D eigenvalue weighted by Crippen LogP contribution is 2.25. The van der Waals surface area contributed by atoms with Crippen molar-refractivity contribution in [1.82, 2.24) is 19.4 Å². The summed E-state index contributed by atoms with van der Waals surface area (Å²) in [7, 11) is 3.92. The third-order valence-corrected chi connectivity index (χ3v) is 6.12. The first-order valence-corrected chi connectivity index (χ1v) is 10.7. The lowest BCUT2D eigenvalue weighted by Gasteiger charge is -2.34. The SMILES string of the molecule is COCCN(C)C1CCC(Nc2ncc3cc(Br)c(=O)n(C(C)C)c3n2)CC1. The Bertz CT molecular complexity index is 862. The van der Waals surface area contributed by atoms with Crippen LogP contribution in [0.25, 0.3) is 11.0 Å². The topological polar surface area (TPSA) is 72.3 Å². The Morgan fingerprint density at radius 2 is 2.07 bits per heavy atom. The highest BCUT2D eigenvalue weighted by atomic mass is 79.9. The fourth-order valence-electron chi connectivity index (χ4n) is 3.90. The van der Waals surface area contributed by atoms with Gasteiger partial charge in [-0.15, -0.1) is 0 Å². The second kappa shape index (κ2) is 9.33. The largest absolute Gasteiger partial charge is 0.383 e. The molecule has 0 spiro atoms. The van der Waals surface area contributed by atoms with Crippen molar-refractivity contribution in [2.75, 3.05) is 32.6 Å². The van der Waals surface area contributed by atoms with Gasteiger partial charge in [0.2, 0.25) is 5.95 Å². The van der Waals surface area contributed by atoms with Gasteiger partial charge in [-0.05, 0) is 68.6 Å². The Morgan fingerprint density at radius 1 is 1.36 bits per heavy atom. The number of pyridine rings is 1. The first kappa shape index (κ1) is 21.2. The smallest absolute Gasteiger partial charge is 0.266 e. The third-order valence-electron chi connectivity index (χ3n) is 5.55. The van der Waals surface area contributed by atoms with Crippen molar-refractivity contribution in [2.24, 2.45) is 0 Å². The Balaban J connectivity index is 1.71. The summed E-state index contributed by atoms with van der Waals surface area (Å²) in [6.07, 6.45) is 6.25. The van der Waals surface area contributed by atoms with Gasteiger partial charge >= 0.3 is 0 Å². The van der Waals surface area contributed by atoms with Crippen molar-refractivity contribution in [3.63, 3.8) is 0 Å². The Morgan fingerprint density at radius 3 is 2.71 bits per heavy atom. The highest BCUT2D eigenvalue weighted by Gasteiger charge is 2.24. The van der Waals surface area contributed by atoms with E-state index in [0.717, 1.165) is 44.2 Å². The number of ether oxygens (including phenoxy) is 1. The summed E-state index contributed by atoms with van der Waals surface area (Å²) in [6.45, 7) is 5.72. The van der Waals surface area contributed by atoms with E-state index < -0.39 is 0 Å². The minimum Gasteiger partial charge on any atom is -0.383 e. The van der Waals surface area contributed by atoms with Crippen molar-refractivity contribution in [3.05, 3.63) is 27.1 Å². The van der Waals surface area contributed by atoms with Gasteiger partial charge in [0, 0.05) is 43.4 Å². The molecule has 1 N–H and O–H groups in total. The summed E-state index contributed by atoms with van der Waals surface area (Å²) >= 11 is 3.35. The van der Waals surface area contributed by atoms with Gasteiger partial charge in [-0.1, -0.05) is 0 Å². The van der Waals surface area contributed by atoms with Crippen LogP contribution in [0.4, 0.5) is 5.95 Å². The van der Waals surface area contributed by atoms with Gasteiger partial charge in [0.15, 0.2) is 0 Å². The summed E-state index contributed by atoms with van der Waals surface area (Å²) < 4.78 is 7.44. The van der Waals surface area contributed by atoms with Gasteiger partial charge in [0.1, 0.15) is 5.65 Å². The predicted molar refractivity (Wildman–Crippen MR) is 116 cm³/mol. The Hall–Kier alpha value is -1.51. The molecule has 0 unspecified atom stereocenters. The maximum absolute atomic E-state index is 12.5. The van der Waals surface area contributed by atoms with Crippen LogP contribution >= 0.6 is 15.9 Å². The predicted octanol–water partition coefficient (Wildman–Crippen LogP) is 3.44. The molecule has 1 aliphatic carbocycles. The lowest BCUT2D eigenvalue weighted by atomic mass is 9.90. The number of rotatable bonds is 7. The van der Waals surface area contributed by atoms with E-state index in [9.17, 15) is 4.79 Å². The molecule has 3 rings (SSSR count). The maximum atomic E-state index is 12.5. The van der Waals surface area contributed by atoms with Crippen molar-refractivity contribution in [3.8, 4) is 0 Å². The molecule has 2 heterocycles. The molecular weight excluding hydrogens is 422 g/mol. The summed E-state index contributed by atoms with van der Waals surface area (Å²) in [5.41, 5.74) is 0.612. The Kier molecular flexibility index (Phi) is 7.06. The number of hydrogen-bond acceptors (Lipinski definition) is 6. The molecular formula is C20H30BrN5O2. The summed E-state index contributed by atoms with van der Waals surface area (Å²) in [4.78, 5) is 24.1. The van der Waals surface area contributed by atoms with E-state index >= 15 is 0 Å². The van der Waals surface area contributed by atoms with Crippen molar-refractivity contribution < 1.29 is 4.74 Å². The van der Waals surface area contributed by atoms with Crippen molar-refractivity contribution >= 4 is 32.9 Å². The zero-order valence-corrected chi connectivity index (χ0v) is 18.7. The van der Waals surface area contributed by atoms with Crippen LogP contribution in [-0.2, 0) is 4.74 Å². The molecule has 0 bridgehead atoms. The molecule has 0 aliphatic heterocycles. The van der Waals surface area contributed by atoms with E-state index in [1.165, 1.54) is 0 Å². The van der Waals surface area contributed by atoms with Gasteiger partial charge in [0.25, 0.3) is 5.56 Å². The van der Waals surface area contributed by atoms with Crippen LogP contribution in [-0.4, -0.2) is 58.8 Å². The number of aromatic nitrogens is 3. The molecule has 7 nitrogen and oxygen atoms in total.